The lowest BCUT2D eigenvalue weighted by Gasteiger charge is -2.23. The number of hydrogen-bond acceptors (Lipinski definition) is 3. The van der Waals surface area contributed by atoms with Crippen molar-refractivity contribution in [3.63, 3.8) is 0 Å². The van der Waals surface area contributed by atoms with Crippen molar-refractivity contribution in [1.82, 2.24) is 20.1 Å². The topological polar surface area (TPSA) is 59.8 Å². The largest absolute Gasteiger partial charge is 0.345 e. The van der Waals surface area contributed by atoms with E-state index in [1.54, 1.807) is 24.5 Å². The first-order valence-corrected chi connectivity index (χ1v) is 6.47. The summed E-state index contributed by atoms with van der Waals surface area (Å²) in [5.41, 5.74) is 2.97. The number of nitrogens with one attached hydrogen (secondary N) is 1. The summed E-state index contributed by atoms with van der Waals surface area (Å²) in [6, 6.07) is 3.60. The van der Waals surface area contributed by atoms with Gasteiger partial charge in [0, 0.05) is 30.7 Å². The Kier molecular flexibility index (Phi) is 3.03. The number of rotatable bonds is 2. The van der Waals surface area contributed by atoms with Crippen molar-refractivity contribution in [2.75, 3.05) is 0 Å². The van der Waals surface area contributed by atoms with Crippen LogP contribution >= 0.6 is 0 Å². The SMILES string of the molecule is Cn1ncc2c1CCCC2NC(=O)c1cccnc1. The number of amides is 1. The van der Waals surface area contributed by atoms with Gasteiger partial charge in [-0.05, 0) is 31.4 Å². The average molecular weight is 256 g/mol. The van der Waals surface area contributed by atoms with Crippen LogP contribution in [0.4, 0.5) is 0 Å². The highest BCUT2D eigenvalue weighted by Gasteiger charge is 2.24. The molecule has 0 aromatic carbocycles. The zero-order chi connectivity index (χ0) is 13.2. The van der Waals surface area contributed by atoms with Crippen LogP contribution in [0.15, 0.2) is 30.7 Å². The van der Waals surface area contributed by atoms with Gasteiger partial charge in [-0.1, -0.05) is 0 Å². The van der Waals surface area contributed by atoms with E-state index >= 15 is 0 Å². The molecule has 3 rings (SSSR count). The molecule has 1 unspecified atom stereocenters. The van der Waals surface area contributed by atoms with Gasteiger partial charge in [-0.25, -0.2) is 0 Å². The number of hydrogen-bond donors (Lipinski definition) is 1. The quantitative estimate of drug-likeness (QED) is 0.888. The molecule has 0 aliphatic heterocycles. The van der Waals surface area contributed by atoms with Gasteiger partial charge in [0.1, 0.15) is 0 Å². The van der Waals surface area contributed by atoms with Gasteiger partial charge < -0.3 is 5.32 Å². The van der Waals surface area contributed by atoms with Crippen LogP contribution in [0.5, 0.6) is 0 Å². The molecule has 2 aromatic heterocycles. The summed E-state index contributed by atoms with van der Waals surface area (Å²) in [4.78, 5) is 16.1. The molecule has 0 bridgehead atoms. The lowest BCUT2D eigenvalue weighted by atomic mass is 9.93. The van der Waals surface area contributed by atoms with Gasteiger partial charge in [0.15, 0.2) is 0 Å². The molecule has 0 saturated heterocycles. The Bertz CT molecular complexity index is 591. The van der Waals surface area contributed by atoms with Crippen molar-refractivity contribution < 1.29 is 4.79 Å². The molecule has 1 aliphatic rings. The fourth-order valence-electron chi connectivity index (χ4n) is 2.59. The summed E-state index contributed by atoms with van der Waals surface area (Å²) in [6.07, 6.45) is 8.18. The monoisotopic (exact) mass is 256 g/mol. The van der Waals surface area contributed by atoms with Gasteiger partial charge >= 0.3 is 0 Å². The van der Waals surface area contributed by atoms with Gasteiger partial charge in [0.05, 0.1) is 17.8 Å². The Balaban J connectivity index is 1.80. The van der Waals surface area contributed by atoms with Gasteiger partial charge in [-0.3, -0.25) is 14.5 Å². The summed E-state index contributed by atoms with van der Waals surface area (Å²) in [5, 5.41) is 7.35. The Morgan fingerprint density at radius 3 is 3.16 bits per heavy atom. The molecule has 2 heterocycles. The molecule has 19 heavy (non-hydrogen) atoms. The third-order valence-electron chi connectivity index (χ3n) is 3.60. The predicted molar refractivity (Wildman–Crippen MR) is 70.6 cm³/mol. The third-order valence-corrected chi connectivity index (χ3v) is 3.60. The molecule has 1 aliphatic carbocycles. The smallest absolute Gasteiger partial charge is 0.253 e. The molecule has 0 radical (unpaired) electrons. The second kappa shape index (κ2) is 4.84. The molecule has 5 heteroatoms. The van der Waals surface area contributed by atoms with E-state index in [9.17, 15) is 4.79 Å². The number of carbonyl (C=O) groups is 1. The maximum absolute atomic E-state index is 12.2. The van der Waals surface area contributed by atoms with Crippen LogP contribution in [-0.4, -0.2) is 20.7 Å². The number of pyridine rings is 1. The summed E-state index contributed by atoms with van der Waals surface area (Å²) in [7, 11) is 1.95. The minimum atomic E-state index is -0.0743. The van der Waals surface area contributed by atoms with Crippen LogP contribution in [0.1, 0.15) is 40.5 Å². The third kappa shape index (κ3) is 2.23. The molecular weight excluding hydrogens is 240 g/mol. The number of carbonyl (C=O) groups excluding carboxylic acids is 1. The fourth-order valence-corrected chi connectivity index (χ4v) is 2.59. The first kappa shape index (κ1) is 11.9. The molecule has 5 nitrogen and oxygen atoms in total. The minimum absolute atomic E-state index is 0.0603. The van der Waals surface area contributed by atoms with Crippen LogP contribution in [0.3, 0.4) is 0 Å². The normalized spacial score (nSPS) is 17.8. The van der Waals surface area contributed by atoms with E-state index in [0.717, 1.165) is 24.8 Å². The summed E-state index contributed by atoms with van der Waals surface area (Å²) < 4.78 is 1.90. The molecule has 0 fully saturated rings. The van der Waals surface area contributed by atoms with Crippen molar-refractivity contribution in [3.05, 3.63) is 47.5 Å². The Morgan fingerprint density at radius 1 is 1.47 bits per heavy atom. The molecule has 1 amide bonds. The molecule has 0 saturated carbocycles. The van der Waals surface area contributed by atoms with Gasteiger partial charge in [-0.15, -0.1) is 0 Å². The van der Waals surface area contributed by atoms with Crippen molar-refractivity contribution >= 4 is 5.91 Å². The highest BCUT2D eigenvalue weighted by atomic mass is 16.1. The summed E-state index contributed by atoms with van der Waals surface area (Å²) in [5.74, 6) is -0.0743. The zero-order valence-corrected chi connectivity index (χ0v) is 10.8. The summed E-state index contributed by atoms with van der Waals surface area (Å²) >= 11 is 0. The summed E-state index contributed by atoms with van der Waals surface area (Å²) in [6.45, 7) is 0. The standard InChI is InChI=1S/C14H16N4O/c1-18-13-6-2-5-12(11(13)9-16-18)17-14(19)10-4-3-7-15-8-10/h3-4,7-9,12H,2,5-6H2,1H3,(H,17,19). The first-order chi connectivity index (χ1) is 9.25. The maximum Gasteiger partial charge on any atom is 0.253 e. The van der Waals surface area contributed by atoms with Crippen LogP contribution in [0.25, 0.3) is 0 Å². The zero-order valence-electron chi connectivity index (χ0n) is 10.8. The Morgan fingerprint density at radius 2 is 2.37 bits per heavy atom. The second-order valence-corrected chi connectivity index (χ2v) is 4.83. The van der Waals surface area contributed by atoms with Crippen LogP contribution in [0, 0.1) is 0 Å². The first-order valence-electron chi connectivity index (χ1n) is 6.47. The lowest BCUT2D eigenvalue weighted by molar-refractivity contribution is 0.0932. The molecule has 0 spiro atoms. The van der Waals surface area contributed by atoms with Crippen LogP contribution in [0.2, 0.25) is 0 Å². The molecule has 1 atom stereocenters. The molecule has 1 N–H and O–H groups in total. The minimum Gasteiger partial charge on any atom is -0.345 e. The number of aryl methyl sites for hydroxylation is 1. The highest BCUT2D eigenvalue weighted by Crippen LogP contribution is 2.29. The average Bonchev–Trinajstić information content (AvgIpc) is 2.83. The number of aromatic nitrogens is 3. The maximum atomic E-state index is 12.2. The van der Waals surface area contributed by atoms with Crippen molar-refractivity contribution in [2.45, 2.75) is 25.3 Å². The van der Waals surface area contributed by atoms with Gasteiger partial charge in [0.2, 0.25) is 0 Å². The number of nitrogens with zero attached hydrogens (tertiary/aromatic N) is 3. The van der Waals surface area contributed by atoms with Gasteiger partial charge in [0.25, 0.3) is 5.91 Å². The van der Waals surface area contributed by atoms with Crippen molar-refractivity contribution in [3.8, 4) is 0 Å². The van der Waals surface area contributed by atoms with Crippen molar-refractivity contribution in [1.29, 1.82) is 0 Å². The van der Waals surface area contributed by atoms with E-state index in [2.05, 4.69) is 15.4 Å². The van der Waals surface area contributed by atoms with E-state index in [0.29, 0.717) is 5.56 Å². The predicted octanol–water partition coefficient (Wildman–Crippen LogP) is 1.62. The molecular formula is C14H16N4O. The lowest BCUT2D eigenvalue weighted by Crippen LogP contribution is -2.31. The van der Waals surface area contributed by atoms with E-state index in [1.165, 1.54) is 5.69 Å². The van der Waals surface area contributed by atoms with E-state index in [4.69, 9.17) is 0 Å². The van der Waals surface area contributed by atoms with E-state index in [1.807, 2.05) is 17.9 Å². The highest BCUT2D eigenvalue weighted by molar-refractivity contribution is 5.94. The molecule has 2 aromatic rings. The number of fused-ring (bicyclic) bond motifs is 1. The fraction of sp³-hybridized carbons (Fsp3) is 0.357. The second-order valence-electron chi connectivity index (χ2n) is 4.83. The van der Waals surface area contributed by atoms with Crippen LogP contribution < -0.4 is 5.32 Å². The Labute approximate surface area is 111 Å². The van der Waals surface area contributed by atoms with Gasteiger partial charge in [-0.2, -0.15) is 5.10 Å². The van der Waals surface area contributed by atoms with Crippen molar-refractivity contribution in [2.24, 2.45) is 7.05 Å². The van der Waals surface area contributed by atoms with Crippen LogP contribution in [-0.2, 0) is 13.5 Å². The Hall–Kier alpha value is -2.17. The van der Waals surface area contributed by atoms with E-state index < -0.39 is 0 Å². The van der Waals surface area contributed by atoms with E-state index in [-0.39, 0.29) is 11.9 Å². The molecule has 98 valence electrons.